The Labute approximate surface area is 131 Å². The maximum Gasteiger partial charge on any atom is 0.409 e. The molecular formula is C15H25N5O2. The van der Waals surface area contributed by atoms with Gasteiger partial charge in [0.25, 0.3) is 0 Å². The molecule has 1 amide bonds. The number of piperazine rings is 1. The lowest BCUT2D eigenvalue weighted by molar-refractivity contribution is 0.105. The maximum atomic E-state index is 11.7. The van der Waals surface area contributed by atoms with Gasteiger partial charge in [-0.05, 0) is 27.7 Å². The minimum atomic E-state index is -0.236. The lowest BCUT2D eigenvalue weighted by atomic mass is 10.1. The Kier molecular flexibility index (Phi) is 5.05. The maximum absolute atomic E-state index is 11.7. The molecule has 7 nitrogen and oxygen atoms in total. The number of nitrogens with one attached hydrogen (secondary N) is 1. The summed E-state index contributed by atoms with van der Waals surface area (Å²) in [4.78, 5) is 24.2. The number of aromatic nitrogens is 2. The predicted octanol–water partition coefficient (Wildman–Crippen LogP) is 1.97. The second kappa shape index (κ2) is 6.81. The van der Waals surface area contributed by atoms with E-state index in [1.54, 1.807) is 11.2 Å². The Morgan fingerprint density at radius 2 is 1.95 bits per heavy atom. The van der Waals surface area contributed by atoms with Gasteiger partial charge in [0.2, 0.25) is 0 Å². The van der Waals surface area contributed by atoms with Crippen LogP contribution >= 0.6 is 0 Å². The summed E-state index contributed by atoms with van der Waals surface area (Å²) in [6, 6.07) is 1.95. The summed E-state index contributed by atoms with van der Waals surface area (Å²) in [5.41, 5.74) is -0.0474. The van der Waals surface area contributed by atoms with Crippen molar-refractivity contribution in [3.8, 4) is 0 Å². The first kappa shape index (κ1) is 16.3. The Morgan fingerprint density at radius 3 is 2.55 bits per heavy atom. The van der Waals surface area contributed by atoms with Crippen molar-refractivity contribution in [1.82, 2.24) is 14.9 Å². The van der Waals surface area contributed by atoms with Gasteiger partial charge in [-0.3, -0.25) is 0 Å². The van der Waals surface area contributed by atoms with Crippen molar-refractivity contribution < 1.29 is 9.53 Å². The quantitative estimate of drug-likeness (QED) is 0.920. The first-order valence-electron chi connectivity index (χ1n) is 7.66. The molecule has 0 bridgehead atoms. The normalized spacial score (nSPS) is 15.6. The van der Waals surface area contributed by atoms with Gasteiger partial charge in [-0.1, -0.05) is 0 Å². The topological polar surface area (TPSA) is 70.6 Å². The molecule has 0 atom stereocenters. The molecule has 0 aromatic carbocycles. The van der Waals surface area contributed by atoms with Crippen LogP contribution in [0.1, 0.15) is 27.7 Å². The number of ether oxygens (including phenoxy) is 1. The summed E-state index contributed by atoms with van der Waals surface area (Å²) in [6.45, 7) is 11.3. The van der Waals surface area contributed by atoms with E-state index in [0.29, 0.717) is 19.7 Å². The monoisotopic (exact) mass is 307 g/mol. The first-order chi connectivity index (χ1) is 10.4. The highest BCUT2D eigenvalue weighted by Crippen LogP contribution is 2.19. The van der Waals surface area contributed by atoms with Gasteiger partial charge in [0.05, 0.1) is 6.61 Å². The molecule has 1 saturated heterocycles. The van der Waals surface area contributed by atoms with Gasteiger partial charge in [-0.15, -0.1) is 0 Å². The van der Waals surface area contributed by atoms with Crippen LogP contribution in [0.3, 0.4) is 0 Å². The molecule has 0 spiro atoms. The number of anilines is 2. The van der Waals surface area contributed by atoms with E-state index in [0.717, 1.165) is 24.7 Å². The molecule has 1 aromatic heterocycles. The Hall–Kier alpha value is -2.05. The molecule has 1 fully saturated rings. The predicted molar refractivity (Wildman–Crippen MR) is 86.2 cm³/mol. The highest BCUT2D eigenvalue weighted by molar-refractivity contribution is 5.68. The third kappa shape index (κ3) is 4.47. The van der Waals surface area contributed by atoms with Crippen LogP contribution in [0.2, 0.25) is 0 Å². The third-order valence-electron chi connectivity index (χ3n) is 3.29. The fourth-order valence-electron chi connectivity index (χ4n) is 2.31. The van der Waals surface area contributed by atoms with E-state index in [-0.39, 0.29) is 11.6 Å². The van der Waals surface area contributed by atoms with Crippen LogP contribution in [-0.2, 0) is 4.74 Å². The van der Waals surface area contributed by atoms with Crippen molar-refractivity contribution in [3.63, 3.8) is 0 Å². The van der Waals surface area contributed by atoms with Crippen LogP contribution in [-0.4, -0.2) is 59.3 Å². The third-order valence-corrected chi connectivity index (χ3v) is 3.29. The second-order valence-corrected chi connectivity index (χ2v) is 6.31. The van der Waals surface area contributed by atoms with Crippen LogP contribution < -0.4 is 10.2 Å². The number of carbonyl (C=O) groups excluding carboxylic acids is 1. The molecule has 22 heavy (non-hydrogen) atoms. The largest absolute Gasteiger partial charge is 0.450 e. The number of rotatable bonds is 3. The van der Waals surface area contributed by atoms with Crippen molar-refractivity contribution in [2.75, 3.05) is 43.0 Å². The zero-order valence-corrected chi connectivity index (χ0v) is 13.8. The molecule has 0 saturated carbocycles. The molecule has 0 unspecified atom stereocenters. The molecule has 1 aliphatic heterocycles. The number of amides is 1. The molecule has 7 heteroatoms. The minimum absolute atomic E-state index is 0.0474. The van der Waals surface area contributed by atoms with E-state index in [4.69, 9.17) is 4.74 Å². The molecule has 0 aliphatic carbocycles. The molecular weight excluding hydrogens is 282 g/mol. The van der Waals surface area contributed by atoms with Crippen molar-refractivity contribution in [3.05, 3.63) is 12.4 Å². The Morgan fingerprint density at radius 1 is 1.27 bits per heavy atom. The van der Waals surface area contributed by atoms with Gasteiger partial charge in [-0.25, -0.2) is 14.8 Å². The van der Waals surface area contributed by atoms with Gasteiger partial charge in [-0.2, -0.15) is 0 Å². The lowest BCUT2D eigenvalue weighted by Crippen LogP contribution is -2.49. The average molecular weight is 307 g/mol. The van der Waals surface area contributed by atoms with Crippen LogP contribution in [0, 0.1) is 0 Å². The van der Waals surface area contributed by atoms with Crippen LogP contribution in [0.25, 0.3) is 0 Å². The second-order valence-electron chi connectivity index (χ2n) is 6.31. The Bertz CT molecular complexity index is 507. The number of hydrogen-bond donors (Lipinski definition) is 1. The average Bonchev–Trinajstić information content (AvgIpc) is 2.46. The molecule has 1 N–H and O–H groups in total. The molecule has 1 aromatic rings. The van der Waals surface area contributed by atoms with E-state index >= 15 is 0 Å². The van der Waals surface area contributed by atoms with Crippen molar-refractivity contribution in [1.29, 1.82) is 0 Å². The van der Waals surface area contributed by atoms with E-state index in [1.165, 1.54) is 0 Å². The molecule has 0 radical (unpaired) electrons. The molecule has 2 rings (SSSR count). The first-order valence-corrected chi connectivity index (χ1v) is 7.66. The van der Waals surface area contributed by atoms with Gasteiger partial charge >= 0.3 is 6.09 Å². The summed E-state index contributed by atoms with van der Waals surface area (Å²) < 4.78 is 5.03. The SMILES string of the molecule is CCOC(=O)N1CCN(c2cc(NC(C)(C)C)ncn2)CC1. The number of carbonyl (C=O) groups is 1. The smallest absolute Gasteiger partial charge is 0.409 e. The summed E-state index contributed by atoms with van der Waals surface area (Å²) >= 11 is 0. The van der Waals surface area contributed by atoms with E-state index in [2.05, 4.69) is 41.0 Å². The standard InChI is InChI=1S/C15H25N5O2/c1-5-22-14(21)20-8-6-19(7-9-20)13-10-12(16-11-17-13)18-15(2,3)4/h10-11H,5-9H2,1-4H3,(H,16,17,18). The van der Waals surface area contributed by atoms with Gasteiger partial charge in [0, 0.05) is 37.8 Å². The summed E-state index contributed by atoms with van der Waals surface area (Å²) in [5.74, 6) is 1.69. The fourth-order valence-corrected chi connectivity index (χ4v) is 2.31. The van der Waals surface area contributed by atoms with Gasteiger partial charge in [0.1, 0.15) is 18.0 Å². The van der Waals surface area contributed by atoms with Crippen molar-refractivity contribution in [2.45, 2.75) is 33.2 Å². The van der Waals surface area contributed by atoms with Crippen LogP contribution in [0.15, 0.2) is 12.4 Å². The number of hydrogen-bond acceptors (Lipinski definition) is 6. The van der Waals surface area contributed by atoms with Crippen molar-refractivity contribution >= 4 is 17.7 Å². The Balaban J connectivity index is 1.96. The summed E-state index contributed by atoms with van der Waals surface area (Å²) in [6.07, 6.45) is 1.33. The lowest BCUT2D eigenvalue weighted by Gasteiger charge is -2.34. The van der Waals surface area contributed by atoms with Crippen LogP contribution in [0.4, 0.5) is 16.4 Å². The number of nitrogens with zero attached hydrogens (tertiary/aromatic N) is 4. The highest BCUT2D eigenvalue weighted by atomic mass is 16.6. The van der Waals surface area contributed by atoms with Gasteiger partial charge in [0.15, 0.2) is 0 Å². The van der Waals surface area contributed by atoms with Crippen LogP contribution in [0.5, 0.6) is 0 Å². The molecule has 1 aliphatic rings. The van der Waals surface area contributed by atoms with E-state index < -0.39 is 0 Å². The minimum Gasteiger partial charge on any atom is -0.450 e. The van der Waals surface area contributed by atoms with E-state index in [9.17, 15) is 4.79 Å². The molecule has 122 valence electrons. The zero-order valence-electron chi connectivity index (χ0n) is 13.8. The summed E-state index contributed by atoms with van der Waals surface area (Å²) in [7, 11) is 0. The highest BCUT2D eigenvalue weighted by Gasteiger charge is 2.23. The van der Waals surface area contributed by atoms with Gasteiger partial charge < -0.3 is 19.9 Å². The molecule has 2 heterocycles. The van der Waals surface area contributed by atoms with E-state index in [1.807, 2.05) is 13.0 Å². The van der Waals surface area contributed by atoms with Crippen molar-refractivity contribution in [2.24, 2.45) is 0 Å². The zero-order chi connectivity index (χ0) is 16.2. The summed E-state index contributed by atoms with van der Waals surface area (Å²) in [5, 5.41) is 3.34. The fraction of sp³-hybridized carbons (Fsp3) is 0.667.